The lowest BCUT2D eigenvalue weighted by molar-refractivity contribution is 0.0846. The van der Waals surface area contributed by atoms with Crippen LogP contribution in [0.3, 0.4) is 0 Å². The van der Waals surface area contributed by atoms with Crippen LogP contribution in [0, 0.1) is 0 Å². The van der Waals surface area contributed by atoms with E-state index in [-0.39, 0.29) is 11.1 Å². The van der Waals surface area contributed by atoms with E-state index in [0.717, 1.165) is 0 Å². The van der Waals surface area contributed by atoms with E-state index >= 15 is 0 Å². The molecule has 0 saturated carbocycles. The molecule has 0 N–H and O–H groups in total. The van der Waals surface area contributed by atoms with Gasteiger partial charge in [-0.1, -0.05) is 23.7 Å². The Hall–Kier alpha value is -1.48. The smallest absolute Gasteiger partial charge is 0.262 e. The van der Waals surface area contributed by atoms with Crippen LogP contribution < -0.4 is 4.74 Å². The Kier molecular flexibility index (Phi) is 2.17. The Morgan fingerprint density at radius 2 is 2.07 bits per heavy atom. The average molecular weight is 210 g/mol. The topological polar surface area (TPSA) is 29.5 Å². The summed E-state index contributed by atoms with van der Waals surface area (Å²) in [7, 11) is 1.60. The Balaban J connectivity index is 2.53. The number of carbonyl (C=O) groups is 1. The highest BCUT2D eigenvalue weighted by Crippen LogP contribution is 2.25. The van der Waals surface area contributed by atoms with Crippen LogP contribution in [0.15, 0.2) is 35.7 Å². The summed E-state index contributed by atoms with van der Waals surface area (Å²) in [4.78, 5) is 13.1. The molecule has 1 aromatic rings. The van der Waals surface area contributed by atoms with E-state index in [4.69, 9.17) is 16.3 Å². The van der Waals surface area contributed by atoms with Gasteiger partial charge in [-0.05, 0) is 12.1 Å². The summed E-state index contributed by atoms with van der Waals surface area (Å²) in [5, 5.41) is 0.270. The molecule has 0 aliphatic carbocycles. The van der Waals surface area contributed by atoms with Crippen LogP contribution in [0.5, 0.6) is 5.75 Å². The summed E-state index contributed by atoms with van der Waals surface area (Å²) < 4.78 is 5.25. The average Bonchev–Trinajstić information content (AvgIpc) is 2.32. The van der Waals surface area contributed by atoms with E-state index in [1.165, 1.54) is 11.2 Å². The van der Waals surface area contributed by atoms with Crippen molar-refractivity contribution in [2.75, 3.05) is 7.05 Å². The Labute approximate surface area is 86.5 Å². The number of amides is 1. The Bertz CT molecular complexity index is 414. The SMILES string of the molecule is CN1C(=O)c2ccccc2OC=C1Cl. The third-order valence-electron chi connectivity index (χ3n) is 2.03. The van der Waals surface area contributed by atoms with Crippen molar-refractivity contribution >= 4 is 17.5 Å². The Morgan fingerprint density at radius 1 is 1.36 bits per heavy atom. The maximum absolute atomic E-state index is 11.8. The number of hydrogen-bond donors (Lipinski definition) is 0. The van der Waals surface area contributed by atoms with Crippen molar-refractivity contribution < 1.29 is 9.53 Å². The van der Waals surface area contributed by atoms with Crippen molar-refractivity contribution in [1.82, 2.24) is 4.90 Å². The van der Waals surface area contributed by atoms with Crippen molar-refractivity contribution in [2.24, 2.45) is 0 Å². The first kappa shape index (κ1) is 9.09. The van der Waals surface area contributed by atoms with Gasteiger partial charge in [0.1, 0.15) is 17.2 Å². The number of para-hydroxylation sites is 1. The molecule has 2 rings (SSSR count). The van der Waals surface area contributed by atoms with E-state index in [2.05, 4.69) is 0 Å². The summed E-state index contributed by atoms with van der Waals surface area (Å²) in [6.45, 7) is 0. The third-order valence-corrected chi connectivity index (χ3v) is 2.37. The van der Waals surface area contributed by atoms with Crippen LogP contribution in [0.1, 0.15) is 10.4 Å². The summed E-state index contributed by atoms with van der Waals surface area (Å²) in [5.74, 6) is 0.361. The van der Waals surface area contributed by atoms with Crippen LogP contribution in [0.25, 0.3) is 0 Å². The lowest BCUT2D eigenvalue weighted by Gasteiger charge is -2.12. The van der Waals surface area contributed by atoms with Gasteiger partial charge in [-0.3, -0.25) is 9.69 Å². The number of benzene rings is 1. The van der Waals surface area contributed by atoms with Crippen LogP contribution in [-0.2, 0) is 0 Å². The minimum atomic E-state index is -0.167. The number of halogens is 1. The van der Waals surface area contributed by atoms with Gasteiger partial charge in [0.15, 0.2) is 0 Å². The fourth-order valence-corrected chi connectivity index (χ4v) is 1.34. The van der Waals surface area contributed by atoms with Crippen LogP contribution in [0.4, 0.5) is 0 Å². The van der Waals surface area contributed by atoms with Gasteiger partial charge in [0.25, 0.3) is 5.91 Å². The first-order valence-corrected chi connectivity index (χ1v) is 4.47. The largest absolute Gasteiger partial charge is 0.461 e. The zero-order valence-electron chi connectivity index (χ0n) is 7.53. The van der Waals surface area contributed by atoms with Gasteiger partial charge in [0.2, 0.25) is 0 Å². The second-order valence-electron chi connectivity index (χ2n) is 2.92. The Morgan fingerprint density at radius 3 is 2.86 bits per heavy atom. The van der Waals surface area contributed by atoms with Crippen molar-refractivity contribution in [2.45, 2.75) is 0 Å². The lowest BCUT2D eigenvalue weighted by Crippen LogP contribution is -2.22. The molecule has 0 aromatic heterocycles. The maximum atomic E-state index is 11.8. The molecule has 0 saturated heterocycles. The minimum Gasteiger partial charge on any atom is -0.461 e. The zero-order valence-corrected chi connectivity index (χ0v) is 8.28. The summed E-state index contributed by atoms with van der Waals surface area (Å²) in [5.41, 5.74) is 0.516. The molecule has 0 atom stereocenters. The molecule has 1 aromatic carbocycles. The van der Waals surface area contributed by atoms with Crippen molar-refractivity contribution in [3.63, 3.8) is 0 Å². The fraction of sp³-hybridized carbons (Fsp3) is 0.100. The first-order valence-electron chi connectivity index (χ1n) is 4.09. The minimum absolute atomic E-state index is 0.167. The number of carbonyl (C=O) groups excluding carboxylic acids is 1. The van der Waals surface area contributed by atoms with E-state index in [1.54, 1.807) is 31.3 Å². The highest BCUT2D eigenvalue weighted by atomic mass is 35.5. The molecule has 1 aliphatic heterocycles. The van der Waals surface area contributed by atoms with E-state index in [0.29, 0.717) is 11.3 Å². The van der Waals surface area contributed by atoms with Crippen LogP contribution in [-0.4, -0.2) is 17.9 Å². The number of nitrogens with zero attached hydrogens (tertiary/aromatic N) is 1. The van der Waals surface area contributed by atoms with Gasteiger partial charge >= 0.3 is 0 Å². The summed E-state index contributed by atoms with van der Waals surface area (Å²) in [6.07, 6.45) is 1.35. The number of hydrogen-bond acceptors (Lipinski definition) is 2. The fourth-order valence-electron chi connectivity index (χ4n) is 1.21. The number of ether oxygens (including phenoxy) is 1. The van der Waals surface area contributed by atoms with Gasteiger partial charge in [-0.15, -0.1) is 0 Å². The highest BCUT2D eigenvalue weighted by molar-refractivity contribution is 6.30. The molecule has 4 heteroatoms. The van der Waals surface area contributed by atoms with Gasteiger partial charge in [0.05, 0.1) is 5.56 Å². The van der Waals surface area contributed by atoms with E-state index in [9.17, 15) is 4.79 Å². The van der Waals surface area contributed by atoms with Gasteiger partial charge in [-0.25, -0.2) is 0 Å². The molecule has 72 valence electrons. The molecule has 3 nitrogen and oxygen atoms in total. The predicted molar refractivity (Wildman–Crippen MR) is 53.1 cm³/mol. The molecular weight excluding hydrogens is 202 g/mol. The molecule has 0 fully saturated rings. The normalized spacial score (nSPS) is 15.4. The quantitative estimate of drug-likeness (QED) is 0.613. The van der Waals surface area contributed by atoms with Gasteiger partial charge in [0, 0.05) is 7.05 Å². The van der Waals surface area contributed by atoms with Crippen molar-refractivity contribution in [3.05, 3.63) is 41.2 Å². The monoisotopic (exact) mass is 209 g/mol. The second kappa shape index (κ2) is 3.35. The lowest BCUT2D eigenvalue weighted by atomic mass is 10.2. The zero-order chi connectivity index (χ0) is 10.1. The first-order chi connectivity index (χ1) is 6.70. The van der Waals surface area contributed by atoms with Crippen LogP contribution in [0.2, 0.25) is 0 Å². The molecule has 1 amide bonds. The van der Waals surface area contributed by atoms with E-state index in [1.807, 2.05) is 0 Å². The molecule has 0 spiro atoms. The molecule has 0 unspecified atom stereocenters. The summed E-state index contributed by atoms with van der Waals surface area (Å²) >= 11 is 5.80. The van der Waals surface area contributed by atoms with Gasteiger partial charge < -0.3 is 4.74 Å². The summed E-state index contributed by atoms with van der Waals surface area (Å²) in [6, 6.07) is 7.02. The molecule has 14 heavy (non-hydrogen) atoms. The number of fused-ring (bicyclic) bond motifs is 1. The molecule has 1 heterocycles. The standard InChI is InChI=1S/C10H8ClNO2/c1-12-9(11)6-14-8-5-3-2-4-7(8)10(12)13/h2-6H,1H3. The van der Waals surface area contributed by atoms with Gasteiger partial charge in [-0.2, -0.15) is 0 Å². The third kappa shape index (κ3) is 1.36. The van der Waals surface area contributed by atoms with Crippen molar-refractivity contribution in [3.8, 4) is 5.75 Å². The van der Waals surface area contributed by atoms with E-state index < -0.39 is 0 Å². The highest BCUT2D eigenvalue weighted by Gasteiger charge is 2.21. The molecule has 0 radical (unpaired) electrons. The number of rotatable bonds is 0. The molecule has 1 aliphatic rings. The molecule has 0 bridgehead atoms. The predicted octanol–water partition coefficient (Wildman–Crippen LogP) is 2.19. The maximum Gasteiger partial charge on any atom is 0.262 e. The van der Waals surface area contributed by atoms with Crippen LogP contribution >= 0.6 is 11.6 Å². The second-order valence-corrected chi connectivity index (χ2v) is 3.31. The van der Waals surface area contributed by atoms with Crippen molar-refractivity contribution in [1.29, 1.82) is 0 Å². The molecular formula is C10H8ClNO2.